The molecule has 1 aromatic rings. The van der Waals surface area contributed by atoms with E-state index in [2.05, 4.69) is 26.1 Å². The van der Waals surface area contributed by atoms with E-state index in [1.165, 1.54) is 49.2 Å². The van der Waals surface area contributed by atoms with Gasteiger partial charge in [0, 0.05) is 23.3 Å². The molecule has 0 amide bonds. The van der Waals surface area contributed by atoms with Crippen molar-refractivity contribution in [3.63, 3.8) is 0 Å². The molecule has 2 aliphatic rings. The summed E-state index contributed by atoms with van der Waals surface area (Å²) in [6.07, 6.45) is 6.34. The molecule has 1 heterocycles. The Labute approximate surface area is 116 Å². The normalized spacial score (nSPS) is 22.6. The summed E-state index contributed by atoms with van der Waals surface area (Å²) in [6.45, 7) is 7.68. The fraction of sp³-hybridized carbons (Fsp3) is 0.750. The minimum Gasteiger partial charge on any atom is -0.314 e. The van der Waals surface area contributed by atoms with Crippen molar-refractivity contribution in [1.82, 2.24) is 15.3 Å². The lowest BCUT2D eigenvalue weighted by Gasteiger charge is -2.26. The maximum atomic E-state index is 4.78. The first-order chi connectivity index (χ1) is 9.13. The molecule has 1 unspecified atom stereocenters. The van der Waals surface area contributed by atoms with Crippen molar-refractivity contribution >= 4 is 0 Å². The van der Waals surface area contributed by atoms with Crippen LogP contribution in [0.2, 0.25) is 0 Å². The van der Waals surface area contributed by atoms with Crippen LogP contribution >= 0.6 is 0 Å². The minimum atomic E-state index is 0.429. The molecule has 1 saturated carbocycles. The smallest absolute Gasteiger partial charge is 0.131 e. The van der Waals surface area contributed by atoms with Crippen LogP contribution in [0.4, 0.5) is 0 Å². The number of rotatable bonds is 4. The standard InChI is InChI=1S/C16H25N3/c1-10(2)16-18-11(3)14-8-12(4-7-15(14)19-16)9-17-13-5-6-13/h10,12-13,17H,4-9H2,1-3H3. The maximum absolute atomic E-state index is 4.78. The van der Waals surface area contributed by atoms with Gasteiger partial charge in [-0.1, -0.05) is 13.8 Å². The van der Waals surface area contributed by atoms with Crippen LogP contribution in [0.3, 0.4) is 0 Å². The van der Waals surface area contributed by atoms with Crippen LogP contribution in [-0.4, -0.2) is 22.6 Å². The maximum Gasteiger partial charge on any atom is 0.131 e. The lowest BCUT2D eigenvalue weighted by molar-refractivity contribution is 0.415. The van der Waals surface area contributed by atoms with Crippen molar-refractivity contribution < 1.29 is 0 Å². The molecule has 0 saturated heterocycles. The summed E-state index contributed by atoms with van der Waals surface area (Å²) in [5.74, 6) is 2.23. The highest BCUT2D eigenvalue weighted by Gasteiger charge is 2.26. The highest BCUT2D eigenvalue weighted by atomic mass is 15.0. The molecule has 0 aromatic carbocycles. The van der Waals surface area contributed by atoms with E-state index >= 15 is 0 Å². The van der Waals surface area contributed by atoms with Crippen molar-refractivity contribution in [2.24, 2.45) is 5.92 Å². The molecule has 3 rings (SSSR count). The second-order valence-electron chi connectivity index (χ2n) is 6.54. The predicted molar refractivity (Wildman–Crippen MR) is 77.4 cm³/mol. The van der Waals surface area contributed by atoms with Crippen LogP contribution in [0, 0.1) is 12.8 Å². The molecule has 1 atom stereocenters. The van der Waals surface area contributed by atoms with Gasteiger partial charge >= 0.3 is 0 Å². The summed E-state index contributed by atoms with van der Waals surface area (Å²) in [5.41, 5.74) is 3.96. The summed E-state index contributed by atoms with van der Waals surface area (Å²) in [4.78, 5) is 9.48. The van der Waals surface area contributed by atoms with Crippen LogP contribution in [0.25, 0.3) is 0 Å². The van der Waals surface area contributed by atoms with Gasteiger partial charge in [0.25, 0.3) is 0 Å². The Bertz CT molecular complexity index is 463. The van der Waals surface area contributed by atoms with E-state index < -0.39 is 0 Å². The van der Waals surface area contributed by atoms with Crippen LogP contribution in [0.1, 0.15) is 61.8 Å². The topological polar surface area (TPSA) is 37.8 Å². The Morgan fingerprint density at radius 1 is 1.21 bits per heavy atom. The molecule has 1 aromatic heterocycles. The third-order valence-electron chi connectivity index (χ3n) is 4.39. The summed E-state index contributed by atoms with van der Waals surface area (Å²) >= 11 is 0. The highest BCUT2D eigenvalue weighted by molar-refractivity contribution is 5.28. The average molecular weight is 259 g/mol. The first-order valence-electron chi connectivity index (χ1n) is 7.73. The van der Waals surface area contributed by atoms with E-state index in [4.69, 9.17) is 9.97 Å². The first kappa shape index (κ1) is 13.0. The van der Waals surface area contributed by atoms with E-state index in [1.54, 1.807) is 0 Å². The van der Waals surface area contributed by atoms with E-state index in [1.807, 2.05) is 0 Å². The predicted octanol–water partition coefficient (Wildman–Crippen LogP) is 2.77. The van der Waals surface area contributed by atoms with Gasteiger partial charge in [0.05, 0.1) is 0 Å². The minimum absolute atomic E-state index is 0.429. The van der Waals surface area contributed by atoms with Crippen molar-refractivity contribution in [3.8, 4) is 0 Å². The van der Waals surface area contributed by atoms with Crippen LogP contribution in [0.15, 0.2) is 0 Å². The molecule has 104 valence electrons. The molecule has 1 N–H and O–H groups in total. The SMILES string of the molecule is Cc1nc(C(C)C)nc2c1CC(CNC1CC1)CC2. The lowest BCUT2D eigenvalue weighted by atomic mass is 9.85. The molecule has 2 aliphatic carbocycles. The van der Waals surface area contributed by atoms with Gasteiger partial charge in [-0.25, -0.2) is 9.97 Å². The molecular weight excluding hydrogens is 234 g/mol. The molecular formula is C16H25N3. The Morgan fingerprint density at radius 3 is 2.68 bits per heavy atom. The zero-order valence-corrected chi connectivity index (χ0v) is 12.4. The molecule has 3 heteroatoms. The highest BCUT2D eigenvalue weighted by Crippen LogP contribution is 2.28. The molecule has 0 spiro atoms. The van der Waals surface area contributed by atoms with Gasteiger partial charge in [0.2, 0.25) is 0 Å². The molecule has 0 bridgehead atoms. The Balaban J connectivity index is 1.72. The number of aromatic nitrogens is 2. The molecule has 3 nitrogen and oxygen atoms in total. The molecule has 19 heavy (non-hydrogen) atoms. The summed E-state index contributed by atoms with van der Waals surface area (Å²) in [6, 6.07) is 0.821. The monoisotopic (exact) mass is 259 g/mol. The number of fused-ring (bicyclic) bond motifs is 1. The lowest BCUT2D eigenvalue weighted by Crippen LogP contribution is -2.29. The van der Waals surface area contributed by atoms with Crippen LogP contribution in [-0.2, 0) is 12.8 Å². The van der Waals surface area contributed by atoms with Gasteiger partial charge in [-0.2, -0.15) is 0 Å². The Kier molecular flexibility index (Phi) is 3.57. The van der Waals surface area contributed by atoms with Gasteiger partial charge in [0.15, 0.2) is 0 Å². The van der Waals surface area contributed by atoms with Gasteiger partial charge in [0.1, 0.15) is 5.82 Å². The quantitative estimate of drug-likeness (QED) is 0.903. The number of hydrogen-bond donors (Lipinski definition) is 1. The fourth-order valence-electron chi connectivity index (χ4n) is 2.94. The van der Waals surface area contributed by atoms with Crippen molar-refractivity contribution in [1.29, 1.82) is 0 Å². The van der Waals surface area contributed by atoms with E-state index in [9.17, 15) is 0 Å². The second-order valence-corrected chi connectivity index (χ2v) is 6.54. The molecule has 0 aliphatic heterocycles. The van der Waals surface area contributed by atoms with E-state index in [-0.39, 0.29) is 0 Å². The summed E-state index contributed by atoms with van der Waals surface area (Å²) in [7, 11) is 0. The third-order valence-corrected chi connectivity index (χ3v) is 4.39. The largest absolute Gasteiger partial charge is 0.314 e. The van der Waals surface area contributed by atoms with Gasteiger partial charge in [-0.05, 0) is 57.1 Å². The Morgan fingerprint density at radius 2 is 2.00 bits per heavy atom. The zero-order chi connectivity index (χ0) is 13.4. The van der Waals surface area contributed by atoms with Crippen LogP contribution < -0.4 is 5.32 Å². The number of nitrogens with one attached hydrogen (secondary N) is 1. The Hall–Kier alpha value is -0.960. The van der Waals surface area contributed by atoms with Crippen molar-refractivity contribution in [2.45, 2.75) is 64.8 Å². The summed E-state index contributed by atoms with van der Waals surface area (Å²) < 4.78 is 0. The zero-order valence-electron chi connectivity index (χ0n) is 12.4. The average Bonchev–Trinajstić information content (AvgIpc) is 3.20. The van der Waals surface area contributed by atoms with Gasteiger partial charge in [-0.3, -0.25) is 0 Å². The number of aryl methyl sites for hydroxylation is 2. The van der Waals surface area contributed by atoms with E-state index in [0.717, 1.165) is 24.2 Å². The third kappa shape index (κ3) is 2.97. The van der Waals surface area contributed by atoms with Crippen molar-refractivity contribution in [3.05, 3.63) is 22.8 Å². The number of nitrogens with zero attached hydrogens (tertiary/aromatic N) is 2. The molecule has 0 radical (unpaired) electrons. The number of hydrogen-bond acceptors (Lipinski definition) is 3. The van der Waals surface area contributed by atoms with Crippen molar-refractivity contribution in [2.75, 3.05) is 6.54 Å². The van der Waals surface area contributed by atoms with Crippen LogP contribution in [0.5, 0.6) is 0 Å². The van der Waals surface area contributed by atoms with Gasteiger partial charge < -0.3 is 5.32 Å². The fourth-order valence-corrected chi connectivity index (χ4v) is 2.94. The summed E-state index contributed by atoms with van der Waals surface area (Å²) in [5, 5.41) is 3.67. The second kappa shape index (κ2) is 5.20. The molecule has 1 fully saturated rings. The van der Waals surface area contributed by atoms with E-state index in [0.29, 0.717) is 5.92 Å². The van der Waals surface area contributed by atoms with Gasteiger partial charge in [-0.15, -0.1) is 0 Å². The first-order valence-corrected chi connectivity index (χ1v) is 7.73.